The van der Waals surface area contributed by atoms with Gasteiger partial charge in [0.2, 0.25) is 0 Å². The first-order valence-electron chi connectivity index (χ1n) is 15.4. The van der Waals surface area contributed by atoms with Crippen LogP contribution >= 0.6 is 0 Å². The van der Waals surface area contributed by atoms with Crippen LogP contribution in [-0.4, -0.2) is 79.7 Å². The molecule has 6 aromatic rings. The molecule has 20 nitrogen and oxygen atoms in total. The van der Waals surface area contributed by atoms with E-state index < -0.39 is 18.4 Å². The summed E-state index contributed by atoms with van der Waals surface area (Å²) in [5, 5.41) is 44.4. The van der Waals surface area contributed by atoms with Crippen molar-refractivity contribution in [3.63, 3.8) is 0 Å². The van der Waals surface area contributed by atoms with Crippen molar-refractivity contribution in [3.05, 3.63) is 83.7 Å². The lowest BCUT2D eigenvalue weighted by Gasteiger charge is -2.01. The summed E-state index contributed by atoms with van der Waals surface area (Å²) in [5.74, 6) is 0.396. The molecule has 0 aromatic carbocycles. The van der Waals surface area contributed by atoms with E-state index in [1.54, 1.807) is 62.9 Å². The van der Waals surface area contributed by atoms with Crippen molar-refractivity contribution in [1.82, 2.24) is 49.1 Å². The number of aliphatic hydroxyl groups is 1. The van der Waals surface area contributed by atoms with Crippen LogP contribution in [0, 0.1) is 0 Å². The fourth-order valence-electron chi connectivity index (χ4n) is 5.06. The summed E-state index contributed by atoms with van der Waals surface area (Å²) in [6.07, 6.45) is 7.02. The Morgan fingerprint density at radius 2 is 1.25 bits per heavy atom. The van der Waals surface area contributed by atoms with Crippen molar-refractivity contribution in [2.24, 2.45) is 34.6 Å². The predicted octanol–water partition coefficient (Wildman–Crippen LogP) is 3.45. The summed E-state index contributed by atoms with van der Waals surface area (Å²) in [4.78, 5) is 33.3. The summed E-state index contributed by atoms with van der Waals surface area (Å²) in [7, 11) is 4.48. The van der Waals surface area contributed by atoms with E-state index in [9.17, 15) is 14.7 Å². The molecular weight excluding hydrogens is 660 g/mol. The van der Waals surface area contributed by atoms with Crippen molar-refractivity contribution < 1.29 is 19.4 Å². The average Bonchev–Trinajstić information content (AvgIpc) is 3.89. The Morgan fingerprint density at radius 3 is 1.71 bits per heavy atom. The van der Waals surface area contributed by atoms with Gasteiger partial charge in [0, 0.05) is 26.5 Å². The predicted molar refractivity (Wildman–Crippen MR) is 181 cm³/mol. The Kier molecular flexibility index (Phi) is 9.75. The van der Waals surface area contributed by atoms with Gasteiger partial charge < -0.3 is 21.3 Å². The average molecular weight is 693 g/mol. The Balaban J connectivity index is 1.34. The number of Topliss-reactive ketones (excluding diaryl/α,β-unsaturated/α-hetero) is 1. The number of esters is 1. The second-order valence-corrected chi connectivity index (χ2v) is 10.9. The zero-order chi connectivity index (χ0) is 36.1. The van der Waals surface area contributed by atoms with Gasteiger partial charge in [-0.15, -0.1) is 20.5 Å². The van der Waals surface area contributed by atoms with Gasteiger partial charge in [0.1, 0.15) is 12.2 Å². The minimum Gasteiger partial charge on any atom is -0.465 e. The number of ether oxygens (including phenoxy) is 1. The van der Waals surface area contributed by atoms with Crippen molar-refractivity contribution in [2.45, 2.75) is 19.3 Å². The molecular formula is C31H32N16O4. The van der Waals surface area contributed by atoms with Gasteiger partial charge in [0.15, 0.2) is 52.1 Å². The maximum atomic E-state index is 12.3. The third-order valence-corrected chi connectivity index (χ3v) is 7.64. The lowest BCUT2D eigenvalue weighted by atomic mass is 10.1. The van der Waals surface area contributed by atoms with Gasteiger partial charge in [-0.25, -0.2) is 24.1 Å². The van der Waals surface area contributed by atoms with Gasteiger partial charge in [-0.05, 0) is 43.5 Å². The summed E-state index contributed by atoms with van der Waals surface area (Å²) in [5.41, 5.74) is 14.8. The molecule has 5 N–H and O–H groups in total. The second-order valence-electron chi connectivity index (χ2n) is 10.9. The zero-order valence-corrected chi connectivity index (χ0v) is 27.7. The lowest BCUT2D eigenvalue weighted by Crippen LogP contribution is -2.04. The van der Waals surface area contributed by atoms with Crippen LogP contribution in [0.25, 0.3) is 11.6 Å². The fraction of sp³-hybridized carbons (Fsp3) is 0.226. The number of aromatic nitrogens is 10. The molecule has 0 atom stereocenters. The molecule has 0 aliphatic rings. The second kappa shape index (κ2) is 14.7. The SMILES string of the molecule is COC(=O)c1cnn(C)c1/N=N/c1c(CCCc2nn(-c3ccccn3)c(N)c2/N=N/c2c(C(=O)CO)cnn2C)nn(-c2ccccn2)c1N. The van der Waals surface area contributed by atoms with Crippen LogP contribution in [0.1, 0.15) is 38.5 Å². The molecule has 0 bridgehead atoms. The van der Waals surface area contributed by atoms with Crippen LogP contribution in [0.15, 0.2) is 81.6 Å². The van der Waals surface area contributed by atoms with Gasteiger partial charge in [-0.3, -0.25) is 4.79 Å². The first-order valence-corrected chi connectivity index (χ1v) is 15.4. The molecule has 6 rings (SSSR count). The number of hydrogen-bond donors (Lipinski definition) is 3. The zero-order valence-electron chi connectivity index (χ0n) is 27.7. The van der Waals surface area contributed by atoms with Crippen LogP contribution in [0.4, 0.5) is 34.6 Å². The van der Waals surface area contributed by atoms with E-state index in [-0.39, 0.29) is 45.8 Å². The van der Waals surface area contributed by atoms with Gasteiger partial charge in [-0.1, -0.05) is 12.1 Å². The van der Waals surface area contributed by atoms with Crippen molar-refractivity contribution >= 4 is 46.4 Å². The smallest absolute Gasteiger partial charge is 0.343 e. The minimum absolute atomic E-state index is 0.105. The fourth-order valence-corrected chi connectivity index (χ4v) is 5.06. The van der Waals surface area contributed by atoms with Gasteiger partial charge >= 0.3 is 5.97 Å². The highest BCUT2D eigenvalue weighted by molar-refractivity contribution is 6.00. The normalized spacial score (nSPS) is 11.6. The molecule has 260 valence electrons. The van der Waals surface area contributed by atoms with Crippen LogP contribution in [0.5, 0.6) is 0 Å². The van der Waals surface area contributed by atoms with Crippen molar-refractivity contribution in [3.8, 4) is 11.6 Å². The number of anilines is 2. The van der Waals surface area contributed by atoms with Crippen LogP contribution in [0.2, 0.25) is 0 Å². The number of aryl methyl sites for hydroxylation is 4. The molecule has 0 aliphatic heterocycles. The number of azo groups is 2. The van der Waals surface area contributed by atoms with Crippen LogP contribution in [0.3, 0.4) is 0 Å². The molecule has 6 aromatic heterocycles. The highest BCUT2D eigenvalue weighted by atomic mass is 16.5. The number of hydrogen-bond acceptors (Lipinski definition) is 16. The lowest BCUT2D eigenvalue weighted by molar-refractivity contribution is 0.0601. The quantitative estimate of drug-likeness (QED) is 0.0893. The van der Waals surface area contributed by atoms with Gasteiger partial charge in [0.25, 0.3) is 0 Å². The number of ketones is 1. The molecule has 20 heteroatoms. The van der Waals surface area contributed by atoms with E-state index in [1.807, 2.05) is 0 Å². The van der Waals surface area contributed by atoms with E-state index in [2.05, 4.69) is 40.6 Å². The van der Waals surface area contributed by atoms with E-state index in [1.165, 1.54) is 38.2 Å². The third kappa shape index (κ3) is 6.83. The molecule has 0 spiro atoms. The molecule has 0 radical (unpaired) electrons. The number of nitrogens with zero attached hydrogens (tertiary/aromatic N) is 14. The minimum atomic E-state index is -0.712. The number of nitrogens with two attached hydrogens (primary N) is 2. The number of carbonyl (C=O) groups excluding carboxylic acids is 2. The topological polar surface area (TPSA) is 262 Å². The monoisotopic (exact) mass is 692 g/mol. The molecule has 51 heavy (non-hydrogen) atoms. The number of rotatable bonds is 13. The largest absolute Gasteiger partial charge is 0.465 e. The van der Waals surface area contributed by atoms with E-state index >= 15 is 0 Å². The molecule has 0 saturated carbocycles. The Morgan fingerprint density at radius 1 is 0.765 bits per heavy atom. The third-order valence-electron chi connectivity index (χ3n) is 7.64. The maximum Gasteiger partial charge on any atom is 0.343 e. The first kappa shape index (κ1) is 33.9. The van der Waals surface area contributed by atoms with Crippen molar-refractivity contribution in [2.75, 3.05) is 25.2 Å². The molecule has 0 unspecified atom stereocenters. The number of carbonyl (C=O) groups is 2. The summed E-state index contributed by atoms with van der Waals surface area (Å²) in [6, 6.07) is 10.6. The number of methoxy groups -OCH3 is 1. The molecule has 6 heterocycles. The maximum absolute atomic E-state index is 12.3. The van der Waals surface area contributed by atoms with E-state index in [0.717, 1.165) is 0 Å². The summed E-state index contributed by atoms with van der Waals surface area (Å²) < 4.78 is 10.5. The van der Waals surface area contributed by atoms with Crippen LogP contribution in [-0.2, 0) is 31.7 Å². The van der Waals surface area contributed by atoms with Crippen LogP contribution < -0.4 is 11.5 Å². The molecule has 0 fully saturated rings. The van der Waals surface area contributed by atoms with E-state index in [4.69, 9.17) is 26.4 Å². The molecule has 0 amide bonds. The molecule has 0 aliphatic carbocycles. The highest BCUT2D eigenvalue weighted by Crippen LogP contribution is 2.35. The first-order chi connectivity index (χ1) is 24.7. The van der Waals surface area contributed by atoms with Crippen molar-refractivity contribution in [1.29, 1.82) is 0 Å². The van der Waals surface area contributed by atoms with E-state index in [0.29, 0.717) is 42.3 Å². The number of pyridine rings is 2. The number of nitrogen functional groups attached to an aromatic ring is 2. The Hall–Kier alpha value is -6.96. The van der Waals surface area contributed by atoms with Gasteiger partial charge in [0.05, 0.1) is 36.5 Å². The summed E-state index contributed by atoms with van der Waals surface area (Å²) in [6.45, 7) is -0.712. The number of aliphatic hydroxyl groups excluding tert-OH is 1. The Labute approximate surface area is 289 Å². The molecule has 0 saturated heterocycles. The standard InChI is InChI=1S/C31H32N16O4/c1-44-29(18(15-36-44)22(49)17-48)40-38-25-20(42-46(27(25)32)23-11-4-6-13-34-23)9-8-10-21-26(28(33)47(43-21)24-12-5-7-14-35-24)39-41-30-19(31(50)51-3)16-37-45(30)2/h4-7,11-16,48H,8-10,17,32-33H2,1-3H3/b40-38+,41-39+. The highest BCUT2D eigenvalue weighted by Gasteiger charge is 2.23. The Bertz CT molecular complexity index is 2090. The van der Waals surface area contributed by atoms with Gasteiger partial charge in [-0.2, -0.15) is 29.8 Å². The summed E-state index contributed by atoms with van der Waals surface area (Å²) >= 11 is 0.